The molecule has 1 atom stereocenters. The number of hydrogen-bond acceptors (Lipinski definition) is 9. The molecule has 0 spiro atoms. The Balaban J connectivity index is 1.47. The zero-order valence-electron chi connectivity index (χ0n) is 19.5. The van der Waals surface area contributed by atoms with Crippen molar-refractivity contribution in [1.82, 2.24) is 25.6 Å². The van der Waals surface area contributed by atoms with Crippen molar-refractivity contribution in [2.75, 3.05) is 50.0 Å². The fraction of sp³-hybridized carbons (Fsp3) is 0.375. The van der Waals surface area contributed by atoms with Crippen LogP contribution in [-0.4, -0.2) is 66.2 Å². The molecule has 37 heavy (non-hydrogen) atoms. The number of hydrogen-bond donors (Lipinski definition) is 3. The van der Waals surface area contributed by atoms with Crippen molar-refractivity contribution in [1.29, 1.82) is 0 Å². The van der Waals surface area contributed by atoms with Gasteiger partial charge in [-0.3, -0.25) is 0 Å². The smallest absolute Gasteiger partial charge is 0.319 e. The molecule has 2 aromatic carbocycles. The highest BCUT2D eigenvalue weighted by molar-refractivity contribution is 7.22. The highest BCUT2D eigenvalue weighted by Crippen LogP contribution is 2.42. The number of thiazole rings is 1. The molecule has 6 rings (SSSR count). The molecular weight excluding hydrogens is 527 g/mol. The number of nitrogens with zero attached hydrogens (tertiary/aromatic N) is 4. The number of ether oxygens (including phenoxy) is 1. The fourth-order valence-corrected chi connectivity index (χ4v) is 5.90. The molecule has 4 N–H and O–H groups in total. The van der Waals surface area contributed by atoms with E-state index < -0.39 is 24.3 Å². The average Bonchev–Trinajstić information content (AvgIpc) is 3.44. The fourth-order valence-electron chi connectivity index (χ4n) is 4.85. The van der Waals surface area contributed by atoms with Gasteiger partial charge in [0.25, 0.3) is 5.92 Å². The first kappa shape index (κ1) is 24.4. The number of fused-ring (bicyclic) bond motifs is 2. The Morgan fingerprint density at radius 3 is 2.76 bits per heavy atom. The second kappa shape index (κ2) is 9.43. The first-order valence-corrected chi connectivity index (χ1v) is 13.0. The van der Waals surface area contributed by atoms with Gasteiger partial charge in [0.15, 0.2) is 10.9 Å². The van der Waals surface area contributed by atoms with Gasteiger partial charge in [-0.2, -0.15) is 9.97 Å². The zero-order chi connectivity index (χ0) is 25.7. The maximum Gasteiger partial charge on any atom is 0.319 e. The van der Waals surface area contributed by atoms with E-state index in [2.05, 4.69) is 25.6 Å². The van der Waals surface area contributed by atoms with Crippen LogP contribution in [0.1, 0.15) is 6.42 Å². The van der Waals surface area contributed by atoms with Crippen LogP contribution in [0.15, 0.2) is 24.3 Å². The lowest BCUT2D eigenvalue weighted by Crippen LogP contribution is -2.44. The van der Waals surface area contributed by atoms with Gasteiger partial charge in [0.2, 0.25) is 0 Å². The van der Waals surface area contributed by atoms with E-state index in [-0.39, 0.29) is 35.1 Å². The van der Waals surface area contributed by atoms with Crippen molar-refractivity contribution in [3.05, 3.63) is 35.1 Å². The van der Waals surface area contributed by atoms with Gasteiger partial charge in [0.05, 0.1) is 21.8 Å². The van der Waals surface area contributed by atoms with Gasteiger partial charge >= 0.3 is 6.01 Å². The Labute approximate surface area is 219 Å². The molecule has 4 heterocycles. The van der Waals surface area contributed by atoms with E-state index in [0.717, 1.165) is 17.8 Å². The molecule has 0 saturated carbocycles. The minimum absolute atomic E-state index is 0.0304. The van der Waals surface area contributed by atoms with E-state index in [4.69, 9.17) is 22.1 Å². The molecule has 8 nitrogen and oxygen atoms in total. The number of halogens is 4. The second-order valence-electron chi connectivity index (χ2n) is 9.16. The Bertz CT molecular complexity index is 1490. The van der Waals surface area contributed by atoms with Gasteiger partial charge in [-0.05, 0) is 12.1 Å². The predicted molar refractivity (Wildman–Crippen MR) is 139 cm³/mol. The molecular formula is C24H23ClF3N7OS. The molecule has 4 aromatic rings. The molecule has 2 aliphatic heterocycles. The number of alkyl halides is 2. The quantitative estimate of drug-likeness (QED) is 0.342. The van der Waals surface area contributed by atoms with Gasteiger partial charge in [-0.15, -0.1) is 0 Å². The van der Waals surface area contributed by atoms with Crippen LogP contribution in [-0.2, 0) is 0 Å². The van der Waals surface area contributed by atoms with E-state index in [1.807, 2.05) is 11.0 Å². The molecule has 2 aliphatic rings. The summed E-state index contributed by atoms with van der Waals surface area (Å²) in [6.45, 7) is 2.26. The van der Waals surface area contributed by atoms with Gasteiger partial charge in [0, 0.05) is 55.2 Å². The van der Waals surface area contributed by atoms with Crippen LogP contribution in [0.25, 0.3) is 32.2 Å². The van der Waals surface area contributed by atoms with Crippen LogP contribution in [0.5, 0.6) is 6.01 Å². The monoisotopic (exact) mass is 549 g/mol. The van der Waals surface area contributed by atoms with E-state index in [1.54, 1.807) is 18.2 Å². The summed E-state index contributed by atoms with van der Waals surface area (Å²) in [5.41, 5.74) is 7.14. The van der Waals surface area contributed by atoms with Gasteiger partial charge in [-0.1, -0.05) is 35.1 Å². The lowest BCUT2D eigenvalue weighted by atomic mass is 10.0. The number of rotatable bonds is 5. The van der Waals surface area contributed by atoms with Gasteiger partial charge < -0.3 is 26.0 Å². The van der Waals surface area contributed by atoms with Crippen molar-refractivity contribution in [3.63, 3.8) is 0 Å². The van der Waals surface area contributed by atoms with Crippen molar-refractivity contribution in [2.45, 2.75) is 18.4 Å². The zero-order valence-corrected chi connectivity index (χ0v) is 21.1. The Morgan fingerprint density at radius 2 is 2.00 bits per heavy atom. The third-order valence-corrected chi connectivity index (χ3v) is 7.72. The summed E-state index contributed by atoms with van der Waals surface area (Å²) < 4.78 is 50.1. The van der Waals surface area contributed by atoms with Crippen LogP contribution in [0.2, 0.25) is 5.02 Å². The third-order valence-electron chi connectivity index (χ3n) is 6.57. The largest absolute Gasteiger partial charge is 0.462 e. The summed E-state index contributed by atoms with van der Waals surface area (Å²) in [6.07, 6.45) is -0.347. The van der Waals surface area contributed by atoms with Crippen molar-refractivity contribution < 1.29 is 17.9 Å². The number of piperazine rings is 1. The number of para-hydroxylation sites is 1. The number of benzene rings is 2. The molecule has 0 amide bonds. The summed E-state index contributed by atoms with van der Waals surface area (Å²) in [5, 5.41) is 7.02. The van der Waals surface area contributed by atoms with E-state index in [9.17, 15) is 8.78 Å². The standard InChI is InChI=1S/C24H23ClF3N7OS/c25-15-8-14-20(18(26)17(15)13-2-1-3-16-19(13)32-22(29)37-16)33-23(34-21(14)35-6-4-30-5-7-35)36-10-12-9-24(27,28)11-31-12/h1-3,8,12,30-31H,4-7,9-11H2,(H2,29,32). The van der Waals surface area contributed by atoms with Crippen LogP contribution in [0, 0.1) is 5.82 Å². The lowest BCUT2D eigenvalue weighted by Gasteiger charge is -2.29. The molecule has 0 radical (unpaired) electrons. The number of nitrogens with two attached hydrogens (primary N) is 1. The molecule has 13 heteroatoms. The van der Waals surface area contributed by atoms with Crippen molar-refractivity contribution >= 4 is 55.0 Å². The third kappa shape index (κ3) is 4.63. The predicted octanol–water partition coefficient (Wildman–Crippen LogP) is 4.07. The van der Waals surface area contributed by atoms with E-state index in [0.29, 0.717) is 40.5 Å². The molecule has 2 fully saturated rings. The van der Waals surface area contributed by atoms with E-state index in [1.165, 1.54) is 11.3 Å². The van der Waals surface area contributed by atoms with Crippen molar-refractivity contribution in [3.8, 4) is 17.1 Å². The highest BCUT2D eigenvalue weighted by atomic mass is 35.5. The molecule has 2 aromatic heterocycles. The minimum atomic E-state index is -2.79. The van der Waals surface area contributed by atoms with Crippen LogP contribution >= 0.6 is 22.9 Å². The number of aromatic nitrogens is 3. The van der Waals surface area contributed by atoms with Crippen molar-refractivity contribution in [2.24, 2.45) is 0 Å². The summed E-state index contributed by atoms with van der Waals surface area (Å²) >= 11 is 7.98. The first-order valence-electron chi connectivity index (χ1n) is 11.8. The van der Waals surface area contributed by atoms with Crippen LogP contribution in [0.3, 0.4) is 0 Å². The lowest BCUT2D eigenvalue weighted by molar-refractivity contribution is 0.0195. The minimum Gasteiger partial charge on any atom is -0.462 e. The van der Waals surface area contributed by atoms with Gasteiger partial charge in [0.1, 0.15) is 17.9 Å². The average molecular weight is 550 g/mol. The number of nitrogen functional groups attached to an aromatic ring is 1. The molecule has 0 aliphatic carbocycles. The molecule has 1 unspecified atom stereocenters. The maximum absolute atomic E-state index is 16.3. The van der Waals surface area contributed by atoms with Gasteiger partial charge in [-0.25, -0.2) is 18.2 Å². The maximum atomic E-state index is 16.3. The highest BCUT2D eigenvalue weighted by Gasteiger charge is 2.39. The summed E-state index contributed by atoms with van der Waals surface area (Å²) in [4.78, 5) is 15.3. The molecule has 194 valence electrons. The SMILES string of the molecule is Nc1nc2c(-c3c(Cl)cc4c(N5CCNCC5)nc(OCC5CC(F)(F)CN5)nc4c3F)cccc2s1. The first-order chi connectivity index (χ1) is 17.8. The number of nitrogens with one attached hydrogen (secondary N) is 2. The van der Waals surface area contributed by atoms with Crippen LogP contribution < -0.4 is 26.0 Å². The summed E-state index contributed by atoms with van der Waals surface area (Å²) in [5.74, 6) is -2.95. The Morgan fingerprint density at radius 1 is 1.19 bits per heavy atom. The van der Waals surface area contributed by atoms with Crippen LogP contribution in [0.4, 0.5) is 24.1 Å². The van der Waals surface area contributed by atoms with E-state index >= 15 is 4.39 Å². The Hall–Kier alpha value is -2.93. The number of anilines is 2. The summed E-state index contributed by atoms with van der Waals surface area (Å²) in [6, 6.07) is 6.40. The second-order valence-corrected chi connectivity index (χ2v) is 10.6. The Kier molecular flexibility index (Phi) is 6.22. The topological polar surface area (TPSA) is 101 Å². The molecule has 2 saturated heterocycles. The normalized spacial score (nSPS) is 19.7. The molecule has 0 bridgehead atoms. The summed E-state index contributed by atoms with van der Waals surface area (Å²) in [7, 11) is 0.